The number of aromatic nitrogens is 3. The van der Waals surface area contributed by atoms with Gasteiger partial charge in [0.25, 0.3) is 5.91 Å². The third-order valence-corrected chi connectivity index (χ3v) is 13.1. The van der Waals surface area contributed by atoms with Crippen LogP contribution in [0.15, 0.2) is 42.6 Å². The first-order valence-electron chi connectivity index (χ1n) is 19.5. The topological polar surface area (TPSA) is 199 Å². The number of ketones is 1. The predicted octanol–water partition coefficient (Wildman–Crippen LogP) is 4.01. The number of aryl methyl sites for hydroxylation is 2. The number of fused-ring (bicyclic) bond motifs is 3. The SMILES string of the molecule is Cc1c(O)ccc2c(O[C@@H]3C[C@H]4C(=O)C[C@]5(C(=O)NS(=O)(=O)C6CC6)C[C@H]5/C=C\CCCCC[C@H](NC(=O)c5ccn(C)n5)C(=O)N4C3)cc(OC(C)C)nc12. The lowest BCUT2D eigenvalue weighted by molar-refractivity contribution is -0.140. The van der Waals surface area contributed by atoms with Crippen molar-refractivity contribution in [2.24, 2.45) is 18.4 Å². The number of aromatic hydroxyl groups is 1. The summed E-state index contributed by atoms with van der Waals surface area (Å²) in [7, 11) is -2.18. The average Bonchev–Trinajstić information content (AvgIpc) is 4.03. The van der Waals surface area contributed by atoms with Gasteiger partial charge in [-0.3, -0.25) is 28.6 Å². The van der Waals surface area contributed by atoms with E-state index in [2.05, 4.69) is 20.1 Å². The van der Waals surface area contributed by atoms with Crippen molar-refractivity contribution in [3.63, 3.8) is 0 Å². The molecule has 0 spiro atoms. The van der Waals surface area contributed by atoms with Gasteiger partial charge in [0.2, 0.25) is 27.7 Å². The molecule has 0 bridgehead atoms. The Morgan fingerprint density at radius 1 is 1.09 bits per heavy atom. The largest absolute Gasteiger partial charge is 0.508 e. The molecule has 5 atom stereocenters. The number of nitrogens with zero attached hydrogens (tertiary/aromatic N) is 4. The van der Waals surface area contributed by atoms with E-state index in [0.717, 1.165) is 12.8 Å². The molecule has 4 heterocycles. The van der Waals surface area contributed by atoms with Crippen LogP contribution in [0.2, 0.25) is 0 Å². The zero-order valence-corrected chi connectivity index (χ0v) is 33.0. The number of rotatable bonds is 9. The van der Waals surface area contributed by atoms with Crippen molar-refractivity contribution >= 4 is 44.4 Å². The van der Waals surface area contributed by atoms with E-state index in [9.17, 15) is 32.7 Å². The molecule has 4 aliphatic rings. The molecule has 1 saturated heterocycles. The fourth-order valence-corrected chi connectivity index (χ4v) is 9.29. The van der Waals surface area contributed by atoms with E-state index in [0.29, 0.717) is 60.7 Å². The molecule has 2 aromatic heterocycles. The van der Waals surface area contributed by atoms with Crippen LogP contribution < -0.4 is 19.5 Å². The van der Waals surface area contributed by atoms with Crippen LogP contribution in [0.5, 0.6) is 17.4 Å². The molecule has 3 N–H and O–H groups in total. The maximum Gasteiger partial charge on any atom is 0.272 e. The Labute approximate surface area is 326 Å². The summed E-state index contributed by atoms with van der Waals surface area (Å²) in [5.74, 6) is -1.70. The van der Waals surface area contributed by atoms with Crippen LogP contribution in [0.4, 0.5) is 0 Å². The van der Waals surface area contributed by atoms with E-state index in [1.807, 2.05) is 26.0 Å². The second kappa shape index (κ2) is 15.5. The number of phenolic OH excluding ortho intramolecular Hbond substituents is 1. The number of phenols is 1. The monoisotopic (exact) mass is 790 g/mol. The van der Waals surface area contributed by atoms with E-state index in [-0.39, 0.29) is 48.7 Å². The molecular weight excluding hydrogens is 741 g/mol. The summed E-state index contributed by atoms with van der Waals surface area (Å²) in [6.45, 7) is 5.45. The number of sulfonamides is 1. The Balaban J connectivity index is 1.23. The second-order valence-electron chi connectivity index (χ2n) is 16.0. The summed E-state index contributed by atoms with van der Waals surface area (Å²) in [5, 5.41) is 17.5. The van der Waals surface area contributed by atoms with Gasteiger partial charge in [-0.05, 0) is 83.4 Å². The number of nitrogens with one attached hydrogen (secondary N) is 2. The maximum atomic E-state index is 14.7. The van der Waals surface area contributed by atoms with Gasteiger partial charge in [0.05, 0.1) is 34.9 Å². The molecule has 15 nitrogen and oxygen atoms in total. The number of benzene rings is 1. The van der Waals surface area contributed by atoms with Gasteiger partial charge in [0.1, 0.15) is 29.3 Å². The molecule has 1 aromatic carbocycles. The standard InChI is InChI=1S/C40H50N6O9S/c1-23(2)54-35-19-34(28-14-15-32(47)24(3)36(28)42-35)55-26-18-31-33(48)21-40(39(51)44-56(52,53)27-12-13-27)20-25(40)10-8-6-5-7-9-11-30(38(50)46(31)22-26)41-37(49)29-16-17-45(4)43-29/h8,10,14-17,19,23,25-27,30-31,47H,5-7,9,11-13,18,20-22H2,1-4H3,(H,41,49)(H,44,51)/b10-8-/t25-,26-,30+,31+,40-/m1/s1. The number of carbonyl (C=O) groups is 4. The molecule has 2 aliphatic heterocycles. The van der Waals surface area contributed by atoms with Gasteiger partial charge in [-0.2, -0.15) is 5.10 Å². The summed E-state index contributed by atoms with van der Waals surface area (Å²) in [6, 6.07) is 4.42. The van der Waals surface area contributed by atoms with Crippen LogP contribution in [-0.4, -0.2) is 92.8 Å². The quantitative estimate of drug-likeness (QED) is 0.265. The number of hydrogen-bond donors (Lipinski definition) is 3. The van der Waals surface area contributed by atoms with Crippen molar-refractivity contribution in [2.75, 3.05) is 6.54 Å². The van der Waals surface area contributed by atoms with Gasteiger partial charge in [0, 0.05) is 43.1 Å². The van der Waals surface area contributed by atoms with Gasteiger partial charge < -0.3 is 24.8 Å². The number of amides is 3. The van der Waals surface area contributed by atoms with Gasteiger partial charge in [-0.15, -0.1) is 0 Å². The van der Waals surface area contributed by atoms with Crippen molar-refractivity contribution in [1.29, 1.82) is 0 Å². The number of ether oxygens (including phenoxy) is 2. The summed E-state index contributed by atoms with van der Waals surface area (Å²) < 4.78 is 42.1. The van der Waals surface area contributed by atoms with E-state index in [4.69, 9.17) is 9.47 Å². The normalized spacial score (nSPS) is 26.5. The van der Waals surface area contributed by atoms with Crippen molar-refractivity contribution < 1.29 is 42.2 Å². The second-order valence-corrected chi connectivity index (χ2v) is 17.9. The average molecular weight is 791 g/mol. The lowest BCUT2D eigenvalue weighted by Crippen LogP contribution is -2.52. The van der Waals surface area contributed by atoms with Gasteiger partial charge >= 0.3 is 0 Å². The first-order chi connectivity index (χ1) is 26.6. The Hall–Kier alpha value is -4.99. The third-order valence-electron chi connectivity index (χ3n) is 11.3. The first-order valence-corrected chi connectivity index (χ1v) is 21.0. The Morgan fingerprint density at radius 3 is 2.59 bits per heavy atom. The Morgan fingerprint density at radius 2 is 1.88 bits per heavy atom. The maximum absolute atomic E-state index is 14.7. The molecule has 3 aromatic rings. The summed E-state index contributed by atoms with van der Waals surface area (Å²) in [4.78, 5) is 62.6. The van der Waals surface area contributed by atoms with Gasteiger partial charge in [0.15, 0.2) is 5.78 Å². The van der Waals surface area contributed by atoms with Crippen LogP contribution in [0.3, 0.4) is 0 Å². The predicted molar refractivity (Wildman–Crippen MR) is 205 cm³/mol. The van der Waals surface area contributed by atoms with Gasteiger partial charge in [-0.1, -0.05) is 25.0 Å². The number of allylic oxidation sites excluding steroid dienone is 2. The highest BCUT2D eigenvalue weighted by Gasteiger charge is 2.61. The van der Waals surface area contributed by atoms with Crippen molar-refractivity contribution in [1.82, 2.24) is 29.7 Å². The zero-order valence-electron chi connectivity index (χ0n) is 32.2. The summed E-state index contributed by atoms with van der Waals surface area (Å²) in [5.41, 5.74) is -0.133. The van der Waals surface area contributed by atoms with Crippen LogP contribution in [0.25, 0.3) is 10.9 Å². The molecule has 0 unspecified atom stereocenters. The highest BCUT2D eigenvalue weighted by atomic mass is 32.2. The number of hydrogen-bond acceptors (Lipinski definition) is 11. The lowest BCUT2D eigenvalue weighted by atomic mass is 9.91. The smallest absolute Gasteiger partial charge is 0.272 e. The fourth-order valence-electron chi connectivity index (χ4n) is 7.90. The molecule has 3 fully saturated rings. The van der Waals surface area contributed by atoms with Crippen LogP contribution >= 0.6 is 0 Å². The number of carbonyl (C=O) groups excluding carboxylic acids is 4. The number of pyridine rings is 1. The molecule has 56 heavy (non-hydrogen) atoms. The Kier molecular flexibility index (Phi) is 10.9. The van der Waals surface area contributed by atoms with Crippen LogP contribution in [-0.2, 0) is 31.5 Å². The molecule has 16 heteroatoms. The van der Waals surface area contributed by atoms with Crippen molar-refractivity contribution in [2.45, 2.75) is 115 Å². The molecule has 3 amide bonds. The van der Waals surface area contributed by atoms with Gasteiger partial charge in [-0.25, -0.2) is 13.4 Å². The summed E-state index contributed by atoms with van der Waals surface area (Å²) >= 11 is 0. The van der Waals surface area contributed by atoms with Crippen LogP contribution in [0, 0.1) is 18.3 Å². The third kappa shape index (κ3) is 8.25. The van der Waals surface area contributed by atoms with E-state index < -0.39 is 62.4 Å². The molecule has 2 aliphatic carbocycles. The van der Waals surface area contributed by atoms with E-state index in [1.54, 1.807) is 44.4 Å². The minimum Gasteiger partial charge on any atom is -0.508 e. The van der Waals surface area contributed by atoms with Crippen molar-refractivity contribution in [3.05, 3.63) is 53.9 Å². The molecule has 300 valence electrons. The van der Waals surface area contributed by atoms with Crippen molar-refractivity contribution in [3.8, 4) is 17.4 Å². The number of Topliss-reactive ketones (excluding diaryl/α,β-unsaturated/α-hetero) is 1. The Bertz CT molecular complexity index is 2180. The van der Waals surface area contributed by atoms with E-state index in [1.165, 1.54) is 9.58 Å². The van der Waals surface area contributed by atoms with Crippen LogP contribution in [0.1, 0.15) is 94.1 Å². The summed E-state index contributed by atoms with van der Waals surface area (Å²) in [6.07, 6.45) is 8.91. The minimum absolute atomic E-state index is 0.00889. The zero-order chi connectivity index (χ0) is 39.9. The fraction of sp³-hybridized carbons (Fsp3) is 0.550. The first kappa shape index (κ1) is 39.3. The molecule has 2 saturated carbocycles. The molecule has 0 radical (unpaired) electrons. The minimum atomic E-state index is -3.87. The highest BCUT2D eigenvalue weighted by molar-refractivity contribution is 7.90. The lowest BCUT2D eigenvalue weighted by Gasteiger charge is -2.29. The molecule has 7 rings (SSSR count). The highest BCUT2D eigenvalue weighted by Crippen LogP contribution is 2.57. The molecular formula is C40H50N6O9S. The van der Waals surface area contributed by atoms with E-state index >= 15 is 0 Å².